The van der Waals surface area contributed by atoms with E-state index in [-0.39, 0.29) is 5.91 Å². The second-order valence-electron chi connectivity index (χ2n) is 7.14. The molecule has 0 atom stereocenters. The molecule has 0 bridgehead atoms. The maximum atomic E-state index is 12.9. The van der Waals surface area contributed by atoms with E-state index in [9.17, 15) is 4.79 Å². The lowest BCUT2D eigenvalue weighted by Crippen LogP contribution is -2.49. The number of carbonyl (C=O) groups is 1. The molecule has 1 saturated heterocycles. The topological polar surface area (TPSA) is 28.5 Å². The van der Waals surface area contributed by atoms with E-state index >= 15 is 0 Å². The van der Waals surface area contributed by atoms with Gasteiger partial charge in [-0.3, -0.25) is 4.79 Å². The molecule has 2 aromatic carbocycles. The highest BCUT2D eigenvalue weighted by molar-refractivity contribution is 5.94. The van der Waals surface area contributed by atoms with Crippen LogP contribution in [0.3, 0.4) is 0 Å². The van der Waals surface area contributed by atoms with Crippen molar-refractivity contribution in [2.24, 2.45) is 0 Å². The largest absolute Gasteiger partial charge is 0.368 e. The summed E-state index contributed by atoms with van der Waals surface area (Å²) >= 11 is 0. The van der Waals surface area contributed by atoms with Crippen molar-refractivity contribution in [1.29, 1.82) is 0 Å². The fourth-order valence-corrected chi connectivity index (χ4v) is 3.69. The van der Waals surface area contributed by atoms with Crippen LogP contribution in [0.15, 0.2) is 67.0 Å². The van der Waals surface area contributed by atoms with Crippen LogP contribution in [0, 0.1) is 13.8 Å². The zero-order chi connectivity index (χ0) is 18.8. The molecule has 1 aliphatic heterocycles. The first-order valence-electron chi connectivity index (χ1n) is 9.47. The van der Waals surface area contributed by atoms with E-state index in [1.807, 2.05) is 58.3 Å². The fraction of sp³-hybridized carbons (Fsp3) is 0.261. The number of benzene rings is 2. The number of nitrogens with zero attached hydrogens (tertiary/aromatic N) is 3. The maximum Gasteiger partial charge on any atom is 0.253 e. The Morgan fingerprint density at radius 1 is 0.815 bits per heavy atom. The van der Waals surface area contributed by atoms with Gasteiger partial charge >= 0.3 is 0 Å². The smallest absolute Gasteiger partial charge is 0.253 e. The molecule has 27 heavy (non-hydrogen) atoms. The molecule has 1 amide bonds. The van der Waals surface area contributed by atoms with Crippen molar-refractivity contribution in [3.8, 4) is 5.69 Å². The molecule has 4 heteroatoms. The maximum absolute atomic E-state index is 12.9. The fourth-order valence-electron chi connectivity index (χ4n) is 3.69. The van der Waals surface area contributed by atoms with E-state index in [0.29, 0.717) is 0 Å². The van der Waals surface area contributed by atoms with Crippen molar-refractivity contribution in [2.45, 2.75) is 13.8 Å². The summed E-state index contributed by atoms with van der Waals surface area (Å²) in [6.45, 7) is 7.58. The Kier molecular flexibility index (Phi) is 4.71. The minimum absolute atomic E-state index is 0.120. The normalized spacial score (nSPS) is 14.4. The summed E-state index contributed by atoms with van der Waals surface area (Å²) in [5, 5.41) is 0. The summed E-state index contributed by atoms with van der Waals surface area (Å²) in [5.74, 6) is 0.120. The number of hydrogen-bond acceptors (Lipinski definition) is 2. The SMILES string of the molecule is Cc1cccc(N2CCN(C(=O)c3ccc(-n4cccc4)cc3)CC2)c1C. The van der Waals surface area contributed by atoms with Crippen LogP contribution in [0.2, 0.25) is 0 Å². The number of anilines is 1. The zero-order valence-electron chi connectivity index (χ0n) is 15.9. The summed E-state index contributed by atoms with van der Waals surface area (Å²) < 4.78 is 2.04. The molecule has 1 aromatic heterocycles. The molecule has 0 radical (unpaired) electrons. The van der Waals surface area contributed by atoms with E-state index in [1.165, 1.54) is 16.8 Å². The van der Waals surface area contributed by atoms with Crippen molar-refractivity contribution in [3.05, 3.63) is 83.7 Å². The average molecular weight is 359 g/mol. The van der Waals surface area contributed by atoms with Gasteiger partial charge in [0.2, 0.25) is 0 Å². The van der Waals surface area contributed by atoms with Gasteiger partial charge in [0.1, 0.15) is 0 Å². The minimum atomic E-state index is 0.120. The minimum Gasteiger partial charge on any atom is -0.368 e. The van der Waals surface area contributed by atoms with Gasteiger partial charge in [-0.05, 0) is 67.4 Å². The Hall–Kier alpha value is -3.01. The van der Waals surface area contributed by atoms with E-state index in [0.717, 1.165) is 37.4 Å². The first-order valence-corrected chi connectivity index (χ1v) is 9.47. The van der Waals surface area contributed by atoms with Crippen LogP contribution in [0.25, 0.3) is 5.69 Å². The van der Waals surface area contributed by atoms with Crippen LogP contribution in [0.5, 0.6) is 0 Å². The number of aryl methyl sites for hydroxylation is 1. The molecule has 4 nitrogen and oxygen atoms in total. The van der Waals surface area contributed by atoms with Gasteiger partial charge in [0.25, 0.3) is 5.91 Å². The Labute approximate surface area is 160 Å². The highest BCUT2D eigenvalue weighted by atomic mass is 16.2. The van der Waals surface area contributed by atoms with Crippen LogP contribution in [0.1, 0.15) is 21.5 Å². The Morgan fingerprint density at radius 2 is 1.48 bits per heavy atom. The first-order chi connectivity index (χ1) is 13.1. The van der Waals surface area contributed by atoms with Gasteiger partial charge in [0, 0.05) is 55.5 Å². The van der Waals surface area contributed by atoms with E-state index in [1.54, 1.807) is 0 Å². The monoisotopic (exact) mass is 359 g/mol. The van der Waals surface area contributed by atoms with Gasteiger partial charge in [-0.1, -0.05) is 12.1 Å². The lowest BCUT2D eigenvalue weighted by molar-refractivity contribution is 0.0747. The van der Waals surface area contributed by atoms with Gasteiger partial charge in [-0.2, -0.15) is 0 Å². The molecule has 138 valence electrons. The molecule has 0 aliphatic carbocycles. The molecular weight excluding hydrogens is 334 g/mol. The predicted molar refractivity (Wildman–Crippen MR) is 110 cm³/mol. The summed E-state index contributed by atoms with van der Waals surface area (Å²) in [6, 6.07) is 18.3. The van der Waals surface area contributed by atoms with Gasteiger partial charge in [0.15, 0.2) is 0 Å². The number of hydrogen-bond donors (Lipinski definition) is 0. The van der Waals surface area contributed by atoms with E-state index in [4.69, 9.17) is 0 Å². The van der Waals surface area contributed by atoms with Crippen LogP contribution >= 0.6 is 0 Å². The quantitative estimate of drug-likeness (QED) is 0.706. The molecule has 0 spiro atoms. The third-order valence-electron chi connectivity index (χ3n) is 5.50. The third-order valence-corrected chi connectivity index (χ3v) is 5.50. The van der Waals surface area contributed by atoms with Gasteiger partial charge < -0.3 is 14.4 Å². The predicted octanol–water partition coefficient (Wildman–Crippen LogP) is 4.06. The standard InChI is InChI=1S/C23H25N3O/c1-18-6-5-7-22(19(18)2)25-14-16-26(17-15-25)23(27)20-8-10-21(11-9-20)24-12-3-4-13-24/h3-13H,14-17H2,1-2H3. The molecular formula is C23H25N3O. The summed E-state index contributed by atoms with van der Waals surface area (Å²) in [4.78, 5) is 17.2. The third kappa shape index (κ3) is 3.47. The number of aromatic nitrogens is 1. The van der Waals surface area contributed by atoms with Gasteiger partial charge in [-0.15, -0.1) is 0 Å². The zero-order valence-corrected chi connectivity index (χ0v) is 15.9. The Bertz CT molecular complexity index is 921. The van der Waals surface area contributed by atoms with Crippen LogP contribution in [0.4, 0.5) is 5.69 Å². The first kappa shape index (κ1) is 17.4. The number of rotatable bonds is 3. The number of piperazine rings is 1. The highest BCUT2D eigenvalue weighted by Crippen LogP contribution is 2.24. The van der Waals surface area contributed by atoms with Crippen LogP contribution < -0.4 is 4.90 Å². The summed E-state index contributed by atoms with van der Waals surface area (Å²) in [6.07, 6.45) is 4.01. The molecule has 0 N–H and O–H groups in total. The lowest BCUT2D eigenvalue weighted by Gasteiger charge is -2.37. The summed E-state index contributed by atoms with van der Waals surface area (Å²) in [7, 11) is 0. The van der Waals surface area contributed by atoms with Crippen molar-refractivity contribution in [1.82, 2.24) is 9.47 Å². The molecule has 4 rings (SSSR count). The van der Waals surface area contributed by atoms with Crippen LogP contribution in [-0.2, 0) is 0 Å². The van der Waals surface area contributed by atoms with Gasteiger partial charge in [0.05, 0.1) is 0 Å². The van der Waals surface area contributed by atoms with Crippen molar-refractivity contribution >= 4 is 11.6 Å². The molecule has 0 unspecified atom stereocenters. The molecule has 2 heterocycles. The van der Waals surface area contributed by atoms with Crippen LogP contribution in [-0.4, -0.2) is 41.6 Å². The average Bonchev–Trinajstić information content (AvgIpc) is 3.25. The molecule has 1 fully saturated rings. The van der Waals surface area contributed by atoms with Crippen molar-refractivity contribution in [2.75, 3.05) is 31.1 Å². The number of carbonyl (C=O) groups excluding carboxylic acids is 1. The van der Waals surface area contributed by atoms with E-state index in [2.05, 4.69) is 36.9 Å². The summed E-state index contributed by atoms with van der Waals surface area (Å²) in [5.41, 5.74) is 5.76. The molecule has 0 saturated carbocycles. The van der Waals surface area contributed by atoms with Crippen molar-refractivity contribution < 1.29 is 4.79 Å². The Balaban J connectivity index is 1.42. The number of amides is 1. The second kappa shape index (κ2) is 7.31. The molecule has 3 aromatic rings. The van der Waals surface area contributed by atoms with Gasteiger partial charge in [-0.25, -0.2) is 0 Å². The Morgan fingerprint density at radius 3 is 2.15 bits per heavy atom. The van der Waals surface area contributed by atoms with Crippen molar-refractivity contribution in [3.63, 3.8) is 0 Å². The lowest BCUT2D eigenvalue weighted by atomic mass is 10.1. The highest BCUT2D eigenvalue weighted by Gasteiger charge is 2.23. The molecule has 1 aliphatic rings. The van der Waals surface area contributed by atoms with E-state index < -0.39 is 0 Å². The second-order valence-corrected chi connectivity index (χ2v) is 7.14.